The maximum atomic E-state index is 6.18. The van der Waals surface area contributed by atoms with Crippen molar-refractivity contribution in [1.29, 1.82) is 0 Å². The van der Waals surface area contributed by atoms with Crippen LogP contribution in [0.2, 0.25) is 0 Å². The molecule has 2 aliphatic heterocycles. The summed E-state index contributed by atoms with van der Waals surface area (Å²) >= 11 is 0. The van der Waals surface area contributed by atoms with Gasteiger partial charge in [0.05, 0.1) is 13.2 Å². The van der Waals surface area contributed by atoms with Crippen molar-refractivity contribution in [3.8, 4) is 0 Å². The smallest absolute Gasteiger partial charge is 0.188 e. The quantitative estimate of drug-likeness (QED) is 0.731. The monoisotopic (exact) mass is 270 g/mol. The van der Waals surface area contributed by atoms with Crippen LogP contribution in [0.5, 0.6) is 0 Å². The summed E-state index contributed by atoms with van der Waals surface area (Å²) < 4.78 is 28.3. The van der Waals surface area contributed by atoms with Gasteiger partial charge in [-0.3, -0.25) is 0 Å². The van der Waals surface area contributed by atoms with E-state index < -0.39 is 0 Å². The zero-order chi connectivity index (χ0) is 13.1. The van der Waals surface area contributed by atoms with Gasteiger partial charge < -0.3 is 23.7 Å². The normalized spacial score (nSPS) is 33.6. The number of hydrogen-bond acceptors (Lipinski definition) is 5. The average Bonchev–Trinajstić information content (AvgIpc) is 3.04. The highest BCUT2D eigenvalue weighted by Crippen LogP contribution is 2.40. The molecular weight excluding hydrogens is 248 g/mol. The molecule has 0 radical (unpaired) electrons. The maximum Gasteiger partial charge on any atom is 0.188 e. The largest absolute Gasteiger partial charge is 0.469 e. The molecule has 2 fully saturated rings. The van der Waals surface area contributed by atoms with E-state index in [9.17, 15) is 0 Å². The first kappa shape index (κ1) is 13.4. The predicted octanol–water partition coefficient (Wildman–Crippen LogP) is 1.97. The first-order valence-electron chi connectivity index (χ1n) is 7.08. The minimum atomic E-state index is -0.360. The van der Waals surface area contributed by atoms with Crippen LogP contribution in [-0.2, 0) is 23.7 Å². The van der Waals surface area contributed by atoms with E-state index in [4.69, 9.17) is 23.7 Å². The highest BCUT2D eigenvalue weighted by atomic mass is 16.8. The molecule has 0 amide bonds. The highest BCUT2D eigenvalue weighted by Gasteiger charge is 2.47. The van der Waals surface area contributed by atoms with Crippen LogP contribution < -0.4 is 0 Å². The molecule has 3 aliphatic rings. The van der Waals surface area contributed by atoms with Gasteiger partial charge in [-0.25, -0.2) is 0 Å². The number of hydrogen-bond donors (Lipinski definition) is 0. The van der Waals surface area contributed by atoms with Crippen LogP contribution in [0, 0.1) is 0 Å². The summed E-state index contributed by atoms with van der Waals surface area (Å²) in [6.45, 7) is 1.39. The predicted molar refractivity (Wildman–Crippen MR) is 67.4 cm³/mol. The molecule has 5 nitrogen and oxygen atoms in total. The Hall–Kier alpha value is -0.620. The van der Waals surface area contributed by atoms with Crippen LogP contribution in [0.15, 0.2) is 11.8 Å². The van der Waals surface area contributed by atoms with E-state index in [0.29, 0.717) is 13.2 Å². The summed E-state index contributed by atoms with van der Waals surface area (Å²) in [7, 11) is 1.61. The summed E-state index contributed by atoms with van der Waals surface area (Å²) in [5, 5.41) is 0. The lowest BCUT2D eigenvalue weighted by molar-refractivity contribution is -0.197. The second-order valence-corrected chi connectivity index (χ2v) is 5.35. The third kappa shape index (κ3) is 2.79. The second-order valence-electron chi connectivity index (χ2n) is 5.35. The van der Waals surface area contributed by atoms with Crippen molar-refractivity contribution in [2.75, 3.05) is 27.1 Å². The molecule has 0 N–H and O–H groups in total. The average molecular weight is 270 g/mol. The molecule has 3 rings (SSSR count). The summed E-state index contributed by atoms with van der Waals surface area (Å²) in [6, 6.07) is 0. The van der Waals surface area contributed by atoms with Crippen molar-refractivity contribution in [1.82, 2.24) is 0 Å². The molecule has 1 spiro atoms. The first-order valence-corrected chi connectivity index (χ1v) is 7.08. The Balaban J connectivity index is 1.59. The van der Waals surface area contributed by atoms with Crippen molar-refractivity contribution in [2.45, 2.75) is 50.1 Å². The lowest BCUT2D eigenvalue weighted by Gasteiger charge is -2.32. The van der Waals surface area contributed by atoms with E-state index in [2.05, 4.69) is 0 Å². The summed E-state index contributed by atoms with van der Waals surface area (Å²) in [5.74, 6) is 0.449. The van der Waals surface area contributed by atoms with E-state index in [1.165, 1.54) is 19.3 Å². The molecule has 0 bridgehead atoms. The Morgan fingerprint density at radius 2 is 2.16 bits per heavy atom. The molecule has 1 unspecified atom stereocenters. The van der Waals surface area contributed by atoms with Crippen molar-refractivity contribution in [2.24, 2.45) is 0 Å². The SMILES string of the molecule is COCOC1=CCOC1[C@H]1COC2(CCCCC2)O1. The molecule has 2 atom stereocenters. The van der Waals surface area contributed by atoms with E-state index in [1.807, 2.05) is 6.08 Å². The van der Waals surface area contributed by atoms with E-state index in [1.54, 1.807) is 7.11 Å². The molecule has 108 valence electrons. The second kappa shape index (κ2) is 5.79. The molecular formula is C14H22O5. The molecule has 1 aliphatic carbocycles. The zero-order valence-electron chi connectivity index (χ0n) is 11.4. The van der Waals surface area contributed by atoms with Gasteiger partial charge in [0.2, 0.25) is 0 Å². The fourth-order valence-corrected chi connectivity index (χ4v) is 3.07. The summed E-state index contributed by atoms with van der Waals surface area (Å²) in [6.07, 6.45) is 7.35. The number of methoxy groups -OCH3 is 1. The lowest BCUT2D eigenvalue weighted by Crippen LogP contribution is -2.37. The molecule has 5 heteroatoms. The van der Waals surface area contributed by atoms with Crippen LogP contribution >= 0.6 is 0 Å². The lowest BCUT2D eigenvalue weighted by atomic mass is 9.94. The van der Waals surface area contributed by atoms with Crippen molar-refractivity contribution in [3.63, 3.8) is 0 Å². The van der Waals surface area contributed by atoms with Crippen LogP contribution in [0.3, 0.4) is 0 Å². The molecule has 0 aromatic carbocycles. The summed E-state index contributed by atoms with van der Waals surface area (Å²) in [5.41, 5.74) is 0. The van der Waals surface area contributed by atoms with Gasteiger partial charge in [-0.2, -0.15) is 0 Å². The third-order valence-electron chi connectivity index (χ3n) is 4.01. The maximum absolute atomic E-state index is 6.18. The number of rotatable bonds is 4. The van der Waals surface area contributed by atoms with Crippen molar-refractivity contribution < 1.29 is 23.7 Å². The first-order chi connectivity index (χ1) is 9.33. The fraction of sp³-hybridized carbons (Fsp3) is 0.857. The molecule has 1 saturated carbocycles. The van der Waals surface area contributed by atoms with Gasteiger partial charge in [-0.1, -0.05) is 6.42 Å². The van der Waals surface area contributed by atoms with Crippen LogP contribution in [-0.4, -0.2) is 45.1 Å². The van der Waals surface area contributed by atoms with Gasteiger partial charge in [0.1, 0.15) is 18.0 Å². The standard InChI is InChI=1S/C14H22O5/c1-15-10-17-11-5-8-16-13(11)12-9-18-14(19-12)6-3-2-4-7-14/h5,12-13H,2-4,6-10H2,1H3/t12-,13?/m1/s1. The Morgan fingerprint density at radius 3 is 2.95 bits per heavy atom. The van der Waals surface area contributed by atoms with Gasteiger partial charge >= 0.3 is 0 Å². The molecule has 1 saturated heterocycles. The molecule has 19 heavy (non-hydrogen) atoms. The molecule has 0 aromatic heterocycles. The Morgan fingerprint density at radius 1 is 1.32 bits per heavy atom. The van der Waals surface area contributed by atoms with Gasteiger partial charge in [-0.15, -0.1) is 0 Å². The van der Waals surface area contributed by atoms with Gasteiger partial charge in [0, 0.05) is 20.0 Å². The Kier molecular flexibility index (Phi) is 4.07. The fourth-order valence-electron chi connectivity index (χ4n) is 3.07. The van der Waals surface area contributed by atoms with Crippen LogP contribution in [0.4, 0.5) is 0 Å². The highest BCUT2D eigenvalue weighted by molar-refractivity contribution is 5.10. The van der Waals surface area contributed by atoms with Crippen LogP contribution in [0.25, 0.3) is 0 Å². The van der Waals surface area contributed by atoms with E-state index >= 15 is 0 Å². The van der Waals surface area contributed by atoms with Gasteiger partial charge in [0.15, 0.2) is 12.6 Å². The summed E-state index contributed by atoms with van der Waals surface area (Å²) in [4.78, 5) is 0. The van der Waals surface area contributed by atoms with Crippen molar-refractivity contribution in [3.05, 3.63) is 11.8 Å². The molecule has 2 heterocycles. The Labute approximate surface area is 113 Å². The molecule has 0 aromatic rings. The van der Waals surface area contributed by atoms with Gasteiger partial charge in [0.25, 0.3) is 0 Å². The number of ether oxygens (including phenoxy) is 5. The topological polar surface area (TPSA) is 46.2 Å². The minimum Gasteiger partial charge on any atom is -0.469 e. The van der Waals surface area contributed by atoms with Crippen molar-refractivity contribution >= 4 is 0 Å². The Bertz CT molecular complexity index is 335. The zero-order valence-corrected chi connectivity index (χ0v) is 11.4. The van der Waals surface area contributed by atoms with Gasteiger partial charge in [-0.05, 0) is 18.9 Å². The minimum absolute atomic E-state index is 0.0660. The van der Waals surface area contributed by atoms with Crippen LogP contribution in [0.1, 0.15) is 32.1 Å². The third-order valence-corrected chi connectivity index (χ3v) is 4.01. The van der Waals surface area contributed by atoms with E-state index in [-0.39, 0.29) is 24.8 Å². The van der Waals surface area contributed by atoms with E-state index in [0.717, 1.165) is 18.6 Å².